The number of carbonyl (C=O) groups is 1. The highest BCUT2D eigenvalue weighted by molar-refractivity contribution is 5.81. The summed E-state index contributed by atoms with van der Waals surface area (Å²) in [4.78, 5) is 14.2. The molecule has 1 heterocycles. The van der Waals surface area contributed by atoms with Crippen molar-refractivity contribution >= 4 is 5.91 Å². The first-order chi connectivity index (χ1) is 8.18. The number of likely N-dealkylation sites (tertiary alicyclic amines) is 1. The van der Waals surface area contributed by atoms with E-state index in [1.807, 2.05) is 11.8 Å². The van der Waals surface area contributed by atoms with Gasteiger partial charge in [-0.15, -0.1) is 0 Å². The van der Waals surface area contributed by atoms with E-state index < -0.39 is 0 Å². The molecular formula is C14H26N2O. The molecule has 1 aliphatic carbocycles. The molecule has 1 amide bonds. The lowest BCUT2D eigenvalue weighted by atomic mass is 9.99. The van der Waals surface area contributed by atoms with Crippen molar-refractivity contribution in [3.05, 3.63) is 0 Å². The minimum absolute atomic E-state index is 0.0105. The van der Waals surface area contributed by atoms with Gasteiger partial charge in [0.15, 0.2) is 0 Å². The van der Waals surface area contributed by atoms with Crippen LogP contribution in [-0.4, -0.2) is 36.0 Å². The van der Waals surface area contributed by atoms with Crippen LogP contribution in [0.2, 0.25) is 0 Å². The van der Waals surface area contributed by atoms with Crippen molar-refractivity contribution in [1.82, 2.24) is 10.2 Å². The maximum absolute atomic E-state index is 12.2. The van der Waals surface area contributed by atoms with E-state index in [1.54, 1.807) is 0 Å². The zero-order chi connectivity index (χ0) is 12.3. The van der Waals surface area contributed by atoms with Crippen molar-refractivity contribution in [3.63, 3.8) is 0 Å². The third-order valence-electron chi connectivity index (χ3n) is 4.41. The second kappa shape index (κ2) is 5.85. The number of nitrogens with one attached hydrogen (secondary N) is 1. The van der Waals surface area contributed by atoms with Crippen LogP contribution >= 0.6 is 0 Å². The summed E-state index contributed by atoms with van der Waals surface area (Å²) >= 11 is 0. The standard InChI is InChI=1S/C14H26N2O/c1-11(13-7-3-4-8-13)15-12(2)14(17)16-9-5-6-10-16/h11-13,15H,3-10H2,1-2H3. The number of hydrogen-bond donors (Lipinski definition) is 1. The second-order valence-electron chi connectivity index (χ2n) is 5.75. The lowest BCUT2D eigenvalue weighted by molar-refractivity contribution is -0.132. The van der Waals surface area contributed by atoms with Crippen molar-refractivity contribution in [3.8, 4) is 0 Å². The molecule has 0 aromatic carbocycles. The van der Waals surface area contributed by atoms with Gasteiger partial charge in [-0.1, -0.05) is 12.8 Å². The van der Waals surface area contributed by atoms with Gasteiger partial charge in [0.25, 0.3) is 0 Å². The van der Waals surface area contributed by atoms with E-state index >= 15 is 0 Å². The summed E-state index contributed by atoms with van der Waals surface area (Å²) in [5.74, 6) is 1.08. The first-order valence-electron chi connectivity index (χ1n) is 7.23. The molecule has 0 bridgehead atoms. The van der Waals surface area contributed by atoms with Crippen LogP contribution in [0.1, 0.15) is 52.4 Å². The molecule has 17 heavy (non-hydrogen) atoms. The molecule has 2 rings (SSSR count). The molecule has 2 fully saturated rings. The minimum Gasteiger partial charge on any atom is -0.341 e. The number of carbonyl (C=O) groups excluding carboxylic acids is 1. The fourth-order valence-electron chi connectivity index (χ4n) is 3.27. The zero-order valence-corrected chi connectivity index (χ0v) is 11.2. The lowest BCUT2D eigenvalue weighted by Crippen LogP contribution is -2.48. The van der Waals surface area contributed by atoms with Gasteiger partial charge in [0.2, 0.25) is 5.91 Å². The number of hydrogen-bond acceptors (Lipinski definition) is 2. The Morgan fingerprint density at radius 1 is 1.12 bits per heavy atom. The van der Waals surface area contributed by atoms with Crippen LogP contribution in [0, 0.1) is 5.92 Å². The predicted molar refractivity (Wildman–Crippen MR) is 69.8 cm³/mol. The van der Waals surface area contributed by atoms with Crippen LogP contribution in [0.3, 0.4) is 0 Å². The summed E-state index contributed by atoms with van der Waals surface area (Å²) in [6.07, 6.45) is 7.75. The summed E-state index contributed by atoms with van der Waals surface area (Å²) in [7, 11) is 0. The summed E-state index contributed by atoms with van der Waals surface area (Å²) in [5, 5.41) is 3.51. The molecule has 1 saturated heterocycles. The van der Waals surface area contributed by atoms with Gasteiger partial charge >= 0.3 is 0 Å². The summed E-state index contributed by atoms with van der Waals surface area (Å²) < 4.78 is 0. The van der Waals surface area contributed by atoms with E-state index in [0.717, 1.165) is 19.0 Å². The van der Waals surface area contributed by atoms with E-state index in [0.29, 0.717) is 11.9 Å². The molecule has 3 heteroatoms. The van der Waals surface area contributed by atoms with E-state index in [2.05, 4.69) is 12.2 Å². The van der Waals surface area contributed by atoms with Gasteiger partial charge in [0, 0.05) is 19.1 Å². The van der Waals surface area contributed by atoms with Crippen LogP contribution < -0.4 is 5.32 Å². The van der Waals surface area contributed by atoms with E-state index in [1.165, 1.54) is 38.5 Å². The van der Waals surface area contributed by atoms with Gasteiger partial charge in [-0.2, -0.15) is 0 Å². The molecule has 0 spiro atoms. The lowest BCUT2D eigenvalue weighted by Gasteiger charge is -2.27. The quantitative estimate of drug-likeness (QED) is 0.814. The SMILES string of the molecule is CC(NC(C)C1CCCC1)C(=O)N1CCCC1. The molecule has 0 aromatic rings. The molecule has 1 saturated carbocycles. The number of rotatable bonds is 4. The average molecular weight is 238 g/mol. The average Bonchev–Trinajstić information content (AvgIpc) is 3.00. The summed E-state index contributed by atoms with van der Waals surface area (Å²) in [6.45, 7) is 6.18. The molecule has 98 valence electrons. The van der Waals surface area contributed by atoms with E-state index in [-0.39, 0.29) is 6.04 Å². The molecule has 2 atom stereocenters. The Labute approximate surface area is 105 Å². The summed E-state index contributed by atoms with van der Waals surface area (Å²) in [5.41, 5.74) is 0. The van der Waals surface area contributed by atoms with Crippen molar-refractivity contribution in [2.24, 2.45) is 5.92 Å². The fourth-order valence-corrected chi connectivity index (χ4v) is 3.27. The Hall–Kier alpha value is -0.570. The third-order valence-corrected chi connectivity index (χ3v) is 4.41. The van der Waals surface area contributed by atoms with Crippen molar-refractivity contribution in [1.29, 1.82) is 0 Å². The molecule has 0 radical (unpaired) electrons. The largest absolute Gasteiger partial charge is 0.341 e. The van der Waals surface area contributed by atoms with Crippen LogP contribution in [0.15, 0.2) is 0 Å². The first kappa shape index (κ1) is 12.9. The van der Waals surface area contributed by atoms with Gasteiger partial charge in [-0.05, 0) is 45.4 Å². The van der Waals surface area contributed by atoms with Gasteiger partial charge in [0.1, 0.15) is 0 Å². The molecule has 1 aliphatic heterocycles. The highest BCUT2D eigenvalue weighted by Crippen LogP contribution is 2.27. The molecule has 2 aliphatic rings. The normalized spacial score (nSPS) is 25.2. The van der Waals surface area contributed by atoms with E-state index in [9.17, 15) is 4.79 Å². The molecular weight excluding hydrogens is 212 g/mol. The third kappa shape index (κ3) is 3.21. The second-order valence-corrected chi connectivity index (χ2v) is 5.75. The Morgan fingerprint density at radius 3 is 2.29 bits per heavy atom. The van der Waals surface area contributed by atoms with Crippen molar-refractivity contribution < 1.29 is 4.79 Å². The van der Waals surface area contributed by atoms with Crippen LogP contribution in [0.4, 0.5) is 0 Å². The van der Waals surface area contributed by atoms with Crippen molar-refractivity contribution in [2.75, 3.05) is 13.1 Å². The molecule has 0 aromatic heterocycles. The van der Waals surface area contributed by atoms with E-state index in [4.69, 9.17) is 0 Å². The Bertz CT molecular complexity index is 255. The maximum atomic E-state index is 12.2. The van der Waals surface area contributed by atoms with Gasteiger partial charge < -0.3 is 10.2 Å². The topological polar surface area (TPSA) is 32.3 Å². The Kier molecular flexibility index (Phi) is 4.43. The number of amides is 1. The van der Waals surface area contributed by atoms with Gasteiger partial charge in [0.05, 0.1) is 6.04 Å². The van der Waals surface area contributed by atoms with Crippen LogP contribution in [0.25, 0.3) is 0 Å². The van der Waals surface area contributed by atoms with Crippen molar-refractivity contribution in [2.45, 2.75) is 64.5 Å². The Balaban J connectivity index is 1.78. The summed E-state index contributed by atoms with van der Waals surface area (Å²) in [6, 6.07) is 0.475. The van der Waals surface area contributed by atoms with Crippen LogP contribution in [0.5, 0.6) is 0 Å². The smallest absolute Gasteiger partial charge is 0.239 e. The molecule has 1 N–H and O–H groups in total. The highest BCUT2D eigenvalue weighted by Gasteiger charge is 2.27. The van der Waals surface area contributed by atoms with Gasteiger partial charge in [-0.25, -0.2) is 0 Å². The molecule has 3 nitrogen and oxygen atoms in total. The maximum Gasteiger partial charge on any atom is 0.239 e. The molecule has 2 unspecified atom stereocenters. The Morgan fingerprint density at radius 2 is 1.71 bits per heavy atom. The predicted octanol–water partition coefficient (Wildman–Crippen LogP) is 2.17. The fraction of sp³-hybridized carbons (Fsp3) is 0.929. The monoisotopic (exact) mass is 238 g/mol. The van der Waals surface area contributed by atoms with Gasteiger partial charge in [-0.3, -0.25) is 4.79 Å². The highest BCUT2D eigenvalue weighted by atomic mass is 16.2. The van der Waals surface area contributed by atoms with Crippen LogP contribution in [-0.2, 0) is 4.79 Å². The zero-order valence-electron chi connectivity index (χ0n) is 11.2. The minimum atomic E-state index is -0.0105. The first-order valence-corrected chi connectivity index (χ1v) is 7.23. The number of nitrogens with zero attached hydrogens (tertiary/aromatic N) is 1.